The zero-order chi connectivity index (χ0) is 13.1. The summed E-state index contributed by atoms with van der Waals surface area (Å²) in [4.78, 5) is 12.8. The summed E-state index contributed by atoms with van der Waals surface area (Å²) in [7, 11) is 0. The Balaban J connectivity index is 2.07. The zero-order valence-corrected chi connectivity index (χ0v) is 11.1. The summed E-state index contributed by atoms with van der Waals surface area (Å²) in [5.41, 5.74) is 3.08. The van der Waals surface area contributed by atoms with E-state index in [9.17, 15) is 0 Å². The van der Waals surface area contributed by atoms with Crippen molar-refractivity contribution in [2.24, 2.45) is 0 Å². The molecule has 0 saturated heterocycles. The van der Waals surface area contributed by atoms with E-state index in [1.807, 2.05) is 24.3 Å². The van der Waals surface area contributed by atoms with E-state index in [4.69, 9.17) is 11.6 Å². The number of benzene rings is 1. The first-order valence-electron chi connectivity index (χ1n) is 6.13. The molecule has 0 amide bonds. The Hall–Kier alpha value is -1.94. The Bertz CT molecular complexity index is 678. The predicted octanol–water partition coefficient (Wildman–Crippen LogP) is 2.66. The third-order valence-electron chi connectivity index (χ3n) is 3.02. The van der Waals surface area contributed by atoms with Crippen LogP contribution in [0.15, 0.2) is 42.9 Å². The summed E-state index contributed by atoms with van der Waals surface area (Å²) in [5, 5.41) is 0. The van der Waals surface area contributed by atoms with E-state index in [2.05, 4.69) is 25.6 Å². The third-order valence-corrected chi connectivity index (χ3v) is 3.20. The van der Waals surface area contributed by atoms with Crippen LogP contribution >= 0.6 is 11.6 Å². The van der Waals surface area contributed by atoms with Crippen LogP contribution in [0.4, 0.5) is 0 Å². The molecule has 19 heavy (non-hydrogen) atoms. The number of hydrogen-bond acceptors (Lipinski definition) is 3. The van der Waals surface area contributed by atoms with Crippen LogP contribution in [0.2, 0.25) is 0 Å². The summed E-state index contributed by atoms with van der Waals surface area (Å²) in [5.74, 6) is 1.56. The summed E-state index contributed by atoms with van der Waals surface area (Å²) in [6, 6.07) is 10.0. The van der Waals surface area contributed by atoms with Crippen LogP contribution in [-0.2, 0) is 13.0 Å². The fourth-order valence-corrected chi connectivity index (χ4v) is 2.32. The topological polar surface area (TPSA) is 43.6 Å². The van der Waals surface area contributed by atoms with Gasteiger partial charge in [-0.3, -0.25) is 0 Å². The van der Waals surface area contributed by atoms with E-state index in [0.29, 0.717) is 12.4 Å². The van der Waals surface area contributed by atoms with Crippen LogP contribution in [0.25, 0.3) is 11.0 Å². The fraction of sp³-hybridized carbons (Fsp3) is 0.214. The van der Waals surface area contributed by atoms with Gasteiger partial charge in [0.1, 0.15) is 12.2 Å². The molecule has 0 radical (unpaired) electrons. The van der Waals surface area contributed by atoms with E-state index in [1.54, 1.807) is 12.5 Å². The van der Waals surface area contributed by atoms with Crippen molar-refractivity contribution < 1.29 is 0 Å². The van der Waals surface area contributed by atoms with Crippen LogP contribution in [0.3, 0.4) is 0 Å². The van der Waals surface area contributed by atoms with E-state index in [0.717, 1.165) is 29.0 Å². The van der Waals surface area contributed by atoms with Crippen molar-refractivity contribution in [3.63, 3.8) is 0 Å². The summed E-state index contributed by atoms with van der Waals surface area (Å²) in [6.07, 6.45) is 4.07. The van der Waals surface area contributed by atoms with Gasteiger partial charge in [-0.2, -0.15) is 0 Å². The molecule has 0 aliphatic rings. The molecule has 0 fully saturated rings. The van der Waals surface area contributed by atoms with Crippen LogP contribution in [-0.4, -0.2) is 25.4 Å². The Kier molecular flexibility index (Phi) is 3.42. The predicted molar refractivity (Wildman–Crippen MR) is 75.3 cm³/mol. The zero-order valence-electron chi connectivity index (χ0n) is 10.3. The Labute approximate surface area is 116 Å². The fourth-order valence-electron chi connectivity index (χ4n) is 2.15. The molecule has 5 heteroatoms. The molecule has 0 bridgehead atoms. The highest BCUT2D eigenvalue weighted by Crippen LogP contribution is 2.17. The standard InChI is InChI=1S/C14H13ClN4/c15-7-5-14-18-12-3-1-2-4-13(12)19(14)9-11-6-8-16-10-17-11/h1-4,6,8,10H,5,7,9H2. The Morgan fingerprint density at radius 3 is 2.84 bits per heavy atom. The van der Waals surface area contributed by atoms with Gasteiger partial charge in [-0.15, -0.1) is 11.6 Å². The average molecular weight is 273 g/mol. The normalized spacial score (nSPS) is 11.0. The highest BCUT2D eigenvalue weighted by atomic mass is 35.5. The second kappa shape index (κ2) is 5.36. The van der Waals surface area contributed by atoms with Gasteiger partial charge in [0.05, 0.1) is 23.3 Å². The largest absolute Gasteiger partial charge is 0.322 e. The first-order valence-corrected chi connectivity index (χ1v) is 6.67. The number of aryl methyl sites for hydroxylation is 1. The molecule has 3 rings (SSSR count). The third kappa shape index (κ3) is 2.44. The van der Waals surface area contributed by atoms with Crippen LogP contribution in [0.1, 0.15) is 11.5 Å². The van der Waals surface area contributed by atoms with Crippen molar-refractivity contribution in [3.8, 4) is 0 Å². The molecule has 0 saturated carbocycles. The number of halogens is 1. The van der Waals surface area contributed by atoms with Gasteiger partial charge in [-0.1, -0.05) is 12.1 Å². The van der Waals surface area contributed by atoms with E-state index < -0.39 is 0 Å². The van der Waals surface area contributed by atoms with Crippen molar-refractivity contribution in [3.05, 3.63) is 54.4 Å². The quantitative estimate of drug-likeness (QED) is 0.686. The molecule has 96 valence electrons. The number of alkyl halides is 1. The van der Waals surface area contributed by atoms with E-state index >= 15 is 0 Å². The summed E-state index contributed by atoms with van der Waals surface area (Å²) in [6.45, 7) is 0.690. The minimum atomic E-state index is 0.563. The number of nitrogens with zero attached hydrogens (tertiary/aromatic N) is 4. The maximum absolute atomic E-state index is 5.86. The van der Waals surface area contributed by atoms with Gasteiger partial charge in [0, 0.05) is 18.5 Å². The lowest BCUT2D eigenvalue weighted by atomic mass is 10.3. The molecule has 0 unspecified atom stereocenters. The van der Waals surface area contributed by atoms with Gasteiger partial charge in [0.2, 0.25) is 0 Å². The van der Waals surface area contributed by atoms with Gasteiger partial charge in [0.25, 0.3) is 0 Å². The lowest BCUT2D eigenvalue weighted by Gasteiger charge is -2.07. The highest BCUT2D eigenvalue weighted by molar-refractivity contribution is 6.17. The SMILES string of the molecule is ClCCc1nc2ccccc2n1Cc1ccncn1. The number of rotatable bonds is 4. The second-order valence-corrected chi connectivity index (χ2v) is 4.62. The molecular weight excluding hydrogens is 260 g/mol. The number of aromatic nitrogens is 4. The van der Waals surface area contributed by atoms with Gasteiger partial charge in [-0.05, 0) is 18.2 Å². The van der Waals surface area contributed by atoms with Gasteiger partial charge < -0.3 is 4.57 Å². The Morgan fingerprint density at radius 1 is 1.16 bits per heavy atom. The van der Waals surface area contributed by atoms with Crippen molar-refractivity contribution in [2.45, 2.75) is 13.0 Å². The molecule has 3 aromatic rings. The van der Waals surface area contributed by atoms with Gasteiger partial charge in [0.15, 0.2) is 0 Å². The number of para-hydroxylation sites is 2. The molecule has 0 spiro atoms. The molecule has 0 aliphatic heterocycles. The van der Waals surface area contributed by atoms with Crippen LogP contribution < -0.4 is 0 Å². The Morgan fingerprint density at radius 2 is 2.05 bits per heavy atom. The van der Waals surface area contributed by atoms with Crippen molar-refractivity contribution in [1.82, 2.24) is 19.5 Å². The average Bonchev–Trinajstić information content (AvgIpc) is 2.79. The first-order chi connectivity index (χ1) is 9.38. The van der Waals surface area contributed by atoms with E-state index in [-0.39, 0.29) is 0 Å². The molecule has 4 nitrogen and oxygen atoms in total. The molecular formula is C14H13ClN4. The van der Waals surface area contributed by atoms with Crippen LogP contribution in [0, 0.1) is 0 Å². The first kappa shape index (κ1) is 12.1. The molecule has 0 aliphatic carbocycles. The minimum absolute atomic E-state index is 0.563. The van der Waals surface area contributed by atoms with Crippen LogP contribution in [0.5, 0.6) is 0 Å². The number of fused-ring (bicyclic) bond motifs is 1. The van der Waals surface area contributed by atoms with Crippen molar-refractivity contribution >= 4 is 22.6 Å². The lowest BCUT2D eigenvalue weighted by Crippen LogP contribution is -2.07. The molecule has 0 N–H and O–H groups in total. The number of imidazole rings is 1. The monoisotopic (exact) mass is 272 g/mol. The maximum atomic E-state index is 5.86. The summed E-state index contributed by atoms with van der Waals surface area (Å²) >= 11 is 5.86. The molecule has 0 atom stereocenters. The minimum Gasteiger partial charge on any atom is -0.322 e. The van der Waals surface area contributed by atoms with Gasteiger partial charge in [-0.25, -0.2) is 15.0 Å². The summed E-state index contributed by atoms with van der Waals surface area (Å²) < 4.78 is 2.17. The molecule has 2 aromatic heterocycles. The maximum Gasteiger partial charge on any atom is 0.115 e. The van der Waals surface area contributed by atoms with Crippen molar-refractivity contribution in [2.75, 3.05) is 5.88 Å². The second-order valence-electron chi connectivity index (χ2n) is 4.24. The smallest absolute Gasteiger partial charge is 0.115 e. The van der Waals surface area contributed by atoms with E-state index in [1.165, 1.54) is 0 Å². The number of hydrogen-bond donors (Lipinski definition) is 0. The highest BCUT2D eigenvalue weighted by Gasteiger charge is 2.10. The lowest BCUT2D eigenvalue weighted by molar-refractivity contribution is 0.735. The molecule has 1 aromatic carbocycles. The van der Waals surface area contributed by atoms with Crippen molar-refractivity contribution in [1.29, 1.82) is 0 Å². The van der Waals surface area contributed by atoms with Gasteiger partial charge >= 0.3 is 0 Å². The molecule has 2 heterocycles.